The smallest absolute Gasteiger partial charge is 0.243 e. The van der Waals surface area contributed by atoms with E-state index in [1.165, 1.54) is 23.1 Å². The van der Waals surface area contributed by atoms with Crippen LogP contribution in [0.15, 0.2) is 28.0 Å². The van der Waals surface area contributed by atoms with E-state index in [1.807, 2.05) is 32.0 Å². The molecule has 0 unspecified atom stereocenters. The van der Waals surface area contributed by atoms with Gasteiger partial charge in [0.2, 0.25) is 11.8 Å². The number of nitrogens with one attached hydrogen (secondary N) is 2. The first kappa shape index (κ1) is 17.4. The molecule has 2 aromatic rings. The highest BCUT2D eigenvalue weighted by molar-refractivity contribution is 8.02. The lowest BCUT2D eigenvalue weighted by atomic mass is 10.1. The molecule has 2 rings (SSSR count). The molecule has 1 atom stereocenters. The molecular weight excluding hydrogens is 332 g/mol. The summed E-state index contributed by atoms with van der Waals surface area (Å²) in [5.41, 5.74) is 4.39. The van der Waals surface area contributed by atoms with Crippen molar-refractivity contribution < 1.29 is 9.59 Å². The summed E-state index contributed by atoms with van der Waals surface area (Å²) >= 11 is 2.70. The normalized spacial score (nSPS) is 11.8. The first-order valence-corrected chi connectivity index (χ1v) is 8.80. The molecule has 0 saturated heterocycles. The molecule has 0 saturated carbocycles. The van der Waals surface area contributed by atoms with Gasteiger partial charge in [-0.3, -0.25) is 9.59 Å². The van der Waals surface area contributed by atoms with E-state index in [1.54, 1.807) is 12.4 Å². The van der Waals surface area contributed by atoms with Crippen molar-refractivity contribution in [2.75, 3.05) is 11.9 Å². The van der Waals surface area contributed by atoms with Gasteiger partial charge in [0.25, 0.3) is 0 Å². The fourth-order valence-corrected chi connectivity index (χ4v) is 3.58. The lowest BCUT2D eigenvalue weighted by Crippen LogP contribution is -2.37. The fraction of sp³-hybridized carbons (Fsp3) is 0.333. The van der Waals surface area contributed by atoms with Crippen LogP contribution in [0.4, 0.5) is 5.69 Å². The van der Waals surface area contributed by atoms with Crippen molar-refractivity contribution in [2.45, 2.75) is 30.4 Å². The monoisotopic (exact) mass is 350 g/mol. The lowest BCUT2D eigenvalue weighted by molar-refractivity contribution is -0.123. The van der Waals surface area contributed by atoms with E-state index < -0.39 is 0 Å². The maximum absolute atomic E-state index is 12.0. The molecule has 1 aromatic carbocycles. The summed E-state index contributed by atoms with van der Waals surface area (Å²) in [4.78, 5) is 24.0. The van der Waals surface area contributed by atoms with Crippen molar-refractivity contribution in [2.24, 2.45) is 0 Å². The summed E-state index contributed by atoms with van der Waals surface area (Å²) in [5, 5.41) is 12.7. The molecule has 6 nitrogen and oxygen atoms in total. The Hall–Kier alpha value is -1.93. The van der Waals surface area contributed by atoms with Gasteiger partial charge in [0.15, 0.2) is 4.34 Å². The first-order valence-electron chi connectivity index (χ1n) is 7.04. The molecule has 2 amide bonds. The maximum Gasteiger partial charge on any atom is 0.243 e. The zero-order chi connectivity index (χ0) is 16.8. The molecule has 0 aliphatic carbocycles. The molecule has 0 radical (unpaired) electrons. The molecule has 1 heterocycles. The zero-order valence-electron chi connectivity index (χ0n) is 13.1. The molecule has 122 valence electrons. The zero-order valence-corrected chi connectivity index (χ0v) is 14.8. The molecule has 0 spiro atoms. The van der Waals surface area contributed by atoms with E-state index in [0.29, 0.717) is 0 Å². The average molecular weight is 350 g/mol. The Bertz CT molecular complexity index is 669. The van der Waals surface area contributed by atoms with Gasteiger partial charge in [-0.2, -0.15) is 0 Å². The summed E-state index contributed by atoms with van der Waals surface area (Å²) in [6.07, 6.45) is 0. The predicted octanol–water partition coefficient (Wildman–Crippen LogP) is 2.39. The number of aromatic nitrogens is 2. The van der Waals surface area contributed by atoms with Gasteiger partial charge in [-0.1, -0.05) is 41.3 Å². The largest absolute Gasteiger partial charge is 0.346 e. The van der Waals surface area contributed by atoms with Crippen molar-refractivity contribution in [1.29, 1.82) is 0 Å². The van der Waals surface area contributed by atoms with Gasteiger partial charge in [-0.05, 0) is 31.9 Å². The van der Waals surface area contributed by atoms with Crippen LogP contribution in [-0.2, 0) is 9.59 Å². The highest BCUT2D eigenvalue weighted by Gasteiger charge is 2.17. The number of hydrogen-bond donors (Lipinski definition) is 2. The number of rotatable bonds is 6. The Morgan fingerprint density at radius 3 is 2.61 bits per heavy atom. The van der Waals surface area contributed by atoms with Crippen molar-refractivity contribution in [3.63, 3.8) is 0 Å². The quantitative estimate of drug-likeness (QED) is 0.782. The molecule has 0 aliphatic heterocycles. The van der Waals surface area contributed by atoms with Gasteiger partial charge < -0.3 is 10.6 Å². The molecule has 23 heavy (non-hydrogen) atoms. The fourth-order valence-electron chi connectivity index (χ4n) is 1.93. The Balaban J connectivity index is 1.83. The topological polar surface area (TPSA) is 84.0 Å². The second-order valence-electron chi connectivity index (χ2n) is 5.00. The van der Waals surface area contributed by atoms with E-state index >= 15 is 0 Å². The average Bonchev–Trinajstić information content (AvgIpc) is 3.01. The van der Waals surface area contributed by atoms with Gasteiger partial charge in [0.1, 0.15) is 5.51 Å². The van der Waals surface area contributed by atoms with Crippen molar-refractivity contribution in [1.82, 2.24) is 15.5 Å². The third kappa shape index (κ3) is 5.04. The minimum atomic E-state index is -0.337. The second kappa shape index (κ2) is 8.07. The Morgan fingerprint density at radius 1 is 1.30 bits per heavy atom. The van der Waals surface area contributed by atoms with E-state index in [0.717, 1.165) is 21.2 Å². The number of hydrogen-bond acceptors (Lipinski definition) is 6. The summed E-state index contributed by atoms with van der Waals surface area (Å²) in [7, 11) is 0. The van der Waals surface area contributed by atoms with Crippen molar-refractivity contribution in [3.05, 3.63) is 34.8 Å². The highest BCUT2D eigenvalue weighted by Crippen LogP contribution is 2.24. The summed E-state index contributed by atoms with van der Waals surface area (Å²) < 4.78 is 0.729. The van der Waals surface area contributed by atoms with E-state index in [2.05, 4.69) is 20.8 Å². The van der Waals surface area contributed by atoms with Crippen LogP contribution in [0, 0.1) is 13.8 Å². The first-order chi connectivity index (χ1) is 11.0. The lowest BCUT2D eigenvalue weighted by Gasteiger charge is -2.13. The number of carbonyl (C=O) groups is 2. The highest BCUT2D eigenvalue weighted by atomic mass is 32.2. The van der Waals surface area contributed by atoms with Gasteiger partial charge in [0.05, 0.1) is 11.8 Å². The maximum atomic E-state index is 12.0. The van der Waals surface area contributed by atoms with Crippen LogP contribution in [0.2, 0.25) is 0 Å². The SMILES string of the molecule is Cc1cccc(C)c1NC(=O)CNC(=O)[C@@H](C)Sc1nncs1. The minimum absolute atomic E-state index is 0.0619. The van der Waals surface area contributed by atoms with E-state index in [-0.39, 0.29) is 23.6 Å². The van der Waals surface area contributed by atoms with Crippen LogP contribution >= 0.6 is 23.1 Å². The molecule has 8 heteroatoms. The number of nitrogens with zero attached hydrogens (tertiary/aromatic N) is 2. The van der Waals surface area contributed by atoms with Crippen molar-refractivity contribution >= 4 is 40.6 Å². The predicted molar refractivity (Wildman–Crippen MR) is 92.8 cm³/mol. The minimum Gasteiger partial charge on any atom is -0.346 e. The third-order valence-electron chi connectivity index (χ3n) is 3.16. The number of thioether (sulfide) groups is 1. The Morgan fingerprint density at radius 2 is 2.00 bits per heavy atom. The number of amides is 2. The molecule has 1 aromatic heterocycles. The summed E-state index contributed by atoms with van der Waals surface area (Å²) in [6, 6.07) is 5.80. The van der Waals surface area contributed by atoms with Crippen LogP contribution in [0.5, 0.6) is 0 Å². The Kier molecular flexibility index (Phi) is 6.12. The van der Waals surface area contributed by atoms with Gasteiger partial charge >= 0.3 is 0 Å². The number of para-hydroxylation sites is 1. The van der Waals surface area contributed by atoms with Gasteiger partial charge in [-0.15, -0.1) is 10.2 Å². The molecule has 0 bridgehead atoms. The Labute approximate surface area is 143 Å². The molecular formula is C15H18N4O2S2. The second-order valence-corrected chi connectivity index (χ2v) is 7.42. The van der Waals surface area contributed by atoms with Gasteiger partial charge in [0, 0.05) is 5.69 Å². The number of aryl methyl sites for hydroxylation is 2. The summed E-state index contributed by atoms with van der Waals surface area (Å²) in [6.45, 7) is 5.57. The van der Waals surface area contributed by atoms with Crippen LogP contribution < -0.4 is 10.6 Å². The van der Waals surface area contributed by atoms with Crippen LogP contribution in [0.3, 0.4) is 0 Å². The van der Waals surface area contributed by atoms with Crippen LogP contribution in [0.25, 0.3) is 0 Å². The molecule has 0 fully saturated rings. The molecule has 2 N–H and O–H groups in total. The van der Waals surface area contributed by atoms with Gasteiger partial charge in [-0.25, -0.2) is 0 Å². The third-order valence-corrected chi connectivity index (χ3v) is 5.07. The van der Waals surface area contributed by atoms with Crippen LogP contribution in [-0.4, -0.2) is 33.8 Å². The van der Waals surface area contributed by atoms with E-state index in [4.69, 9.17) is 0 Å². The number of carbonyl (C=O) groups excluding carboxylic acids is 2. The van der Waals surface area contributed by atoms with Crippen molar-refractivity contribution in [3.8, 4) is 0 Å². The number of anilines is 1. The molecule has 0 aliphatic rings. The summed E-state index contributed by atoms with van der Waals surface area (Å²) in [5.74, 6) is -0.453. The van der Waals surface area contributed by atoms with E-state index in [9.17, 15) is 9.59 Å². The van der Waals surface area contributed by atoms with Crippen LogP contribution in [0.1, 0.15) is 18.1 Å². The standard InChI is InChI=1S/C15H18N4O2S2/c1-9-5-4-6-10(2)13(9)18-12(20)7-16-14(21)11(3)23-15-19-17-8-22-15/h4-6,8,11H,7H2,1-3H3,(H,16,21)(H,18,20)/t11-/m1/s1. The number of benzene rings is 1.